The Morgan fingerprint density at radius 1 is 0.491 bits per heavy atom. The quantitative estimate of drug-likeness (QED) is 0.166. The van der Waals surface area contributed by atoms with Gasteiger partial charge in [0.25, 0.3) is 0 Å². The highest BCUT2D eigenvalue weighted by Gasteiger charge is 2.35. The van der Waals surface area contributed by atoms with E-state index >= 15 is 0 Å². The van der Waals surface area contributed by atoms with Gasteiger partial charge in [-0.25, -0.2) is 0 Å². The SMILES string of the molecule is [2H]c1c([2H])c(-c2c([2H])c([2H])c3c(c2[2H])-c2c([2H])c([2H])c([2H])c([2H])c2C3(C)C)c([2H])c(-c2c3c([2H])c([2H])c([2H])c([2H])c3c(Cc3c([2H])c([2H])c([2H])c4oc5c6c([2H])c([2H])c([2H])c([2H])c6c([2H])c([2H])c5c34)c3c([2H])c([2H])c([2H])c([2H])c23)c1[2H]. The molecule has 10 aromatic rings. The zero-order valence-electron chi connectivity index (χ0n) is 55.6. The van der Waals surface area contributed by atoms with Gasteiger partial charge in [-0.2, -0.15) is 0 Å². The van der Waals surface area contributed by atoms with Crippen molar-refractivity contribution in [2.75, 3.05) is 0 Å². The Morgan fingerprint density at radius 2 is 1.13 bits per heavy atom. The fourth-order valence-electron chi connectivity index (χ4n) is 7.34. The zero-order valence-corrected chi connectivity index (χ0v) is 27.6. The summed E-state index contributed by atoms with van der Waals surface area (Å²) >= 11 is 0. The first-order chi connectivity index (χ1) is 37.7. The Bertz CT molecular complexity index is 4650. The second kappa shape index (κ2) is 11.3. The minimum Gasteiger partial charge on any atom is -0.455 e. The van der Waals surface area contributed by atoms with Crippen molar-refractivity contribution in [3.05, 3.63) is 191 Å². The summed E-state index contributed by atoms with van der Waals surface area (Å²) in [5, 5.41) is -4.00. The van der Waals surface area contributed by atoms with Crippen LogP contribution in [0.25, 0.3) is 87.6 Å². The fraction of sp³-hybridized carbons (Fsp3) is 0.0769. The highest BCUT2D eigenvalue weighted by atomic mass is 16.3. The van der Waals surface area contributed by atoms with Crippen molar-refractivity contribution in [2.24, 2.45) is 0 Å². The number of furan rings is 1. The molecule has 0 amide bonds. The van der Waals surface area contributed by atoms with Crippen molar-refractivity contribution in [3.63, 3.8) is 0 Å². The van der Waals surface area contributed by atoms with Gasteiger partial charge in [0, 0.05) is 21.6 Å². The highest BCUT2D eigenvalue weighted by Crippen LogP contribution is 2.50. The number of fused-ring (bicyclic) bond motifs is 10. The van der Waals surface area contributed by atoms with E-state index < -0.39 is 247 Å². The molecule has 1 heterocycles. The minimum atomic E-state index is -1.43. The summed E-state index contributed by atoms with van der Waals surface area (Å²) < 4.78 is 261. The summed E-state index contributed by atoms with van der Waals surface area (Å²) in [7, 11) is 0. The normalized spacial score (nSPS) is 20.7. The maximum Gasteiger partial charge on any atom is 0.143 e. The Labute approximate surface area is 348 Å². The molecular formula is C52H36O. The molecule has 1 nitrogen and oxygen atoms in total. The zero-order chi connectivity index (χ0) is 59.6. The first-order valence-corrected chi connectivity index (χ1v) is 16.4. The molecule has 0 spiro atoms. The van der Waals surface area contributed by atoms with Crippen LogP contribution >= 0.6 is 0 Å². The van der Waals surface area contributed by atoms with Gasteiger partial charge in [-0.05, 0) is 113 Å². The fourth-order valence-corrected chi connectivity index (χ4v) is 7.34. The first kappa shape index (κ1) is 13.5. The van der Waals surface area contributed by atoms with E-state index in [1.54, 1.807) is 0 Å². The van der Waals surface area contributed by atoms with Gasteiger partial charge in [-0.15, -0.1) is 0 Å². The van der Waals surface area contributed by atoms with Crippen LogP contribution in [0, 0.1) is 0 Å². The van der Waals surface area contributed by atoms with Crippen LogP contribution in [0.4, 0.5) is 0 Å². The first-order valence-electron chi connectivity index (χ1n) is 30.4. The van der Waals surface area contributed by atoms with Crippen LogP contribution in [0.1, 0.15) is 74.5 Å². The van der Waals surface area contributed by atoms with Gasteiger partial charge in [-0.3, -0.25) is 0 Å². The van der Waals surface area contributed by atoms with E-state index in [-0.39, 0.29) is 44.0 Å². The summed E-state index contributed by atoms with van der Waals surface area (Å²) in [5.41, 5.74) is -6.70. The molecule has 0 atom stereocenters. The molecule has 0 N–H and O–H groups in total. The van der Waals surface area contributed by atoms with Gasteiger partial charge in [-0.1, -0.05) is 159 Å². The summed E-state index contributed by atoms with van der Waals surface area (Å²) in [4.78, 5) is 0. The van der Waals surface area contributed by atoms with Crippen LogP contribution in [0.5, 0.6) is 0 Å². The molecule has 1 aromatic heterocycles. The lowest BCUT2D eigenvalue weighted by atomic mass is 9.82. The number of hydrogen-bond donors (Lipinski definition) is 0. The number of benzene rings is 9. The molecule has 0 radical (unpaired) electrons. The van der Waals surface area contributed by atoms with Crippen molar-refractivity contribution >= 4 is 54.3 Å². The molecule has 250 valence electrons. The summed E-state index contributed by atoms with van der Waals surface area (Å²) in [5.74, 6) is 0. The van der Waals surface area contributed by atoms with Crippen molar-refractivity contribution in [3.8, 4) is 33.4 Å². The van der Waals surface area contributed by atoms with Crippen molar-refractivity contribution in [1.82, 2.24) is 0 Å². The van der Waals surface area contributed by atoms with Gasteiger partial charge in [0.2, 0.25) is 0 Å². The predicted molar refractivity (Wildman–Crippen MR) is 224 cm³/mol. The molecule has 1 heteroatoms. The van der Waals surface area contributed by atoms with Gasteiger partial charge < -0.3 is 4.42 Å². The van der Waals surface area contributed by atoms with Gasteiger partial charge >= 0.3 is 0 Å². The molecule has 0 aliphatic heterocycles. The van der Waals surface area contributed by atoms with Crippen molar-refractivity contribution < 1.29 is 42.8 Å². The summed E-state index contributed by atoms with van der Waals surface area (Å²) in [6, 6.07) is -22.7. The van der Waals surface area contributed by atoms with E-state index in [1.807, 2.05) is 0 Å². The third-order valence-electron chi connectivity index (χ3n) is 9.78. The molecule has 1 aliphatic carbocycles. The smallest absolute Gasteiger partial charge is 0.143 e. The van der Waals surface area contributed by atoms with Crippen molar-refractivity contribution in [1.29, 1.82) is 0 Å². The molecular weight excluding hydrogens is 641 g/mol. The lowest BCUT2D eigenvalue weighted by molar-refractivity contribution is 0.660. The monoisotopic (exact) mass is 704 g/mol. The van der Waals surface area contributed by atoms with Crippen LogP contribution in [-0.4, -0.2) is 0 Å². The van der Waals surface area contributed by atoms with Crippen LogP contribution in [0.2, 0.25) is 0 Å². The topological polar surface area (TPSA) is 13.1 Å². The highest BCUT2D eigenvalue weighted by molar-refractivity contribution is 6.18. The van der Waals surface area contributed by atoms with E-state index in [4.69, 9.17) is 25.0 Å². The van der Waals surface area contributed by atoms with Gasteiger partial charge in [0.15, 0.2) is 0 Å². The lowest BCUT2D eigenvalue weighted by Gasteiger charge is -2.21. The molecule has 0 unspecified atom stereocenters. The second-order valence-electron chi connectivity index (χ2n) is 13.0. The largest absolute Gasteiger partial charge is 0.455 e. The number of rotatable bonds is 4. The van der Waals surface area contributed by atoms with Crippen LogP contribution in [-0.2, 0) is 11.8 Å². The standard InChI is InChI=1S/C52H36O/c1-52(2)46-23-10-9-20-40(46)45-30-34(26-28-47(45)52)33-14-11-15-35(29-33)49-41-21-7-5-18-38(41)44(39-19-6-8-22-42(39)49)31-36-16-12-24-48-50(36)43-27-25-32-13-3-4-17-37(32)51(43)53-48/h3-30H,31H2,1-2H3/i3D,4D,5D,6D,7D,8D,9D,10D,11D,12D,13D,14D,15D,16D,17D,18D,19D,20D,21D,22D,23D,24D,25D,26D,27D,28D,29D,30D. The number of hydrogen-bond acceptors (Lipinski definition) is 1. The van der Waals surface area contributed by atoms with E-state index in [0.717, 1.165) is 0 Å². The van der Waals surface area contributed by atoms with E-state index in [2.05, 4.69) is 0 Å². The Kier molecular flexibility index (Phi) is 2.88. The Hall–Kier alpha value is -6.44. The molecule has 0 saturated heterocycles. The summed E-state index contributed by atoms with van der Waals surface area (Å²) in [6.45, 7) is 3.07. The third kappa shape index (κ3) is 4.44. The van der Waals surface area contributed by atoms with Crippen molar-refractivity contribution in [2.45, 2.75) is 25.7 Å². The van der Waals surface area contributed by atoms with Crippen LogP contribution in [0.3, 0.4) is 0 Å². The van der Waals surface area contributed by atoms with Gasteiger partial charge in [0.1, 0.15) is 11.2 Å². The molecule has 0 saturated carbocycles. The average molecular weight is 705 g/mol. The summed E-state index contributed by atoms with van der Waals surface area (Å²) in [6.07, 6.45) is -0.878. The minimum absolute atomic E-state index is 0.0108. The molecule has 0 fully saturated rings. The van der Waals surface area contributed by atoms with Crippen LogP contribution in [0.15, 0.2) is 174 Å². The van der Waals surface area contributed by atoms with Crippen LogP contribution < -0.4 is 0 Å². The maximum absolute atomic E-state index is 10.0. The predicted octanol–water partition coefficient (Wildman–Crippen LogP) is 14.3. The molecule has 1 aliphatic rings. The molecule has 53 heavy (non-hydrogen) atoms. The van der Waals surface area contributed by atoms with E-state index in [1.165, 1.54) is 13.8 Å². The second-order valence-corrected chi connectivity index (χ2v) is 13.0. The third-order valence-corrected chi connectivity index (χ3v) is 9.78. The Balaban J connectivity index is 1.33. The molecule has 0 bridgehead atoms. The molecule has 11 rings (SSSR count). The Morgan fingerprint density at radius 3 is 1.94 bits per heavy atom. The van der Waals surface area contributed by atoms with E-state index in [9.17, 15) is 17.8 Å². The maximum atomic E-state index is 10.0. The molecule has 9 aromatic carbocycles. The average Bonchev–Trinajstić information content (AvgIpc) is 3.30. The lowest BCUT2D eigenvalue weighted by Crippen LogP contribution is -2.14. The van der Waals surface area contributed by atoms with E-state index in [0.29, 0.717) is 0 Å². The van der Waals surface area contributed by atoms with Gasteiger partial charge in [0.05, 0.1) is 38.4 Å².